The number of fused-ring (bicyclic) bond motifs is 1. The van der Waals surface area contributed by atoms with Crippen LogP contribution < -0.4 is 10.5 Å². The Hall–Kier alpha value is -1.78. The molecule has 2 aromatic rings. The van der Waals surface area contributed by atoms with Gasteiger partial charge in [0.1, 0.15) is 5.65 Å². The predicted molar refractivity (Wildman–Crippen MR) is 49.5 cm³/mol. The van der Waals surface area contributed by atoms with Crippen molar-refractivity contribution in [3.63, 3.8) is 0 Å². The summed E-state index contributed by atoms with van der Waals surface area (Å²) in [6.07, 6.45) is 1.78. The van der Waals surface area contributed by atoms with Gasteiger partial charge in [-0.15, -0.1) is 0 Å². The van der Waals surface area contributed by atoms with E-state index in [4.69, 9.17) is 10.5 Å². The van der Waals surface area contributed by atoms with Crippen molar-refractivity contribution in [2.75, 3.05) is 12.3 Å². The summed E-state index contributed by atoms with van der Waals surface area (Å²) in [6, 6.07) is 1.86. The lowest BCUT2D eigenvalue weighted by molar-refractivity contribution is 0.331. The molecular weight excluding hydrogens is 168 g/mol. The normalized spacial score (nSPS) is 10.5. The zero-order valence-electron chi connectivity index (χ0n) is 7.24. The minimum atomic E-state index is 0.221. The summed E-state index contributed by atoms with van der Waals surface area (Å²) < 4.78 is 5.31. The van der Waals surface area contributed by atoms with Crippen LogP contribution in [0.1, 0.15) is 6.92 Å². The highest BCUT2D eigenvalue weighted by atomic mass is 16.5. The minimum Gasteiger partial charge on any atom is -0.477 e. The number of anilines is 1. The van der Waals surface area contributed by atoms with E-state index < -0.39 is 0 Å². The molecule has 5 heteroatoms. The molecule has 0 atom stereocenters. The van der Waals surface area contributed by atoms with Crippen LogP contribution in [0.3, 0.4) is 0 Å². The second-order valence-electron chi connectivity index (χ2n) is 2.56. The molecule has 2 heterocycles. The van der Waals surface area contributed by atoms with Gasteiger partial charge in [-0.3, -0.25) is 0 Å². The summed E-state index contributed by atoms with van der Waals surface area (Å²) in [5, 5.41) is 0.857. The third kappa shape index (κ3) is 1.28. The van der Waals surface area contributed by atoms with E-state index in [9.17, 15) is 0 Å². The summed E-state index contributed by atoms with van der Waals surface area (Å²) in [6.45, 7) is 2.47. The number of nitrogens with two attached hydrogens (primary N) is 1. The molecule has 0 aliphatic carbocycles. The molecule has 13 heavy (non-hydrogen) atoms. The van der Waals surface area contributed by atoms with Crippen LogP contribution >= 0.6 is 0 Å². The summed E-state index contributed by atoms with van der Waals surface area (Å²) in [5.74, 6) is 0.754. The van der Waals surface area contributed by atoms with E-state index in [1.165, 1.54) is 0 Å². The Balaban J connectivity index is 2.63. The molecule has 68 valence electrons. The van der Waals surface area contributed by atoms with Crippen molar-refractivity contribution in [1.82, 2.24) is 15.0 Å². The third-order valence-corrected chi connectivity index (χ3v) is 1.68. The fourth-order valence-electron chi connectivity index (χ4n) is 1.18. The molecule has 0 aliphatic rings. The average Bonchev–Trinajstić information content (AvgIpc) is 2.52. The van der Waals surface area contributed by atoms with E-state index >= 15 is 0 Å². The van der Waals surface area contributed by atoms with Crippen LogP contribution in [0.4, 0.5) is 5.95 Å². The number of nitrogen functional groups attached to an aromatic ring is 1. The summed E-state index contributed by atoms with van der Waals surface area (Å²) >= 11 is 0. The molecule has 0 radical (unpaired) electrons. The highest BCUT2D eigenvalue weighted by Crippen LogP contribution is 2.21. The first-order chi connectivity index (χ1) is 6.31. The number of hydrogen-bond acceptors (Lipinski definition) is 4. The van der Waals surface area contributed by atoms with E-state index in [0.29, 0.717) is 18.1 Å². The second-order valence-corrected chi connectivity index (χ2v) is 2.56. The zero-order valence-corrected chi connectivity index (χ0v) is 7.24. The van der Waals surface area contributed by atoms with Crippen molar-refractivity contribution in [2.45, 2.75) is 6.92 Å². The van der Waals surface area contributed by atoms with Crippen LogP contribution in [0.15, 0.2) is 12.3 Å². The van der Waals surface area contributed by atoms with Crippen molar-refractivity contribution in [1.29, 1.82) is 0 Å². The van der Waals surface area contributed by atoms with Gasteiger partial charge in [0.2, 0.25) is 11.8 Å². The van der Waals surface area contributed by atoms with Gasteiger partial charge in [-0.1, -0.05) is 0 Å². The van der Waals surface area contributed by atoms with E-state index in [0.717, 1.165) is 5.39 Å². The fraction of sp³-hybridized carbons (Fsp3) is 0.250. The van der Waals surface area contributed by atoms with Gasteiger partial charge in [-0.05, 0) is 13.0 Å². The number of nitrogens with one attached hydrogen (secondary N) is 1. The van der Waals surface area contributed by atoms with Gasteiger partial charge in [0.25, 0.3) is 0 Å². The van der Waals surface area contributed by atoms with Crippen molar-refractivity contribution < 1.29 is 4.74 Å². The average molecular weight is 178 g/mol. The molecule has 0 aliphatic heterocycles. The first kappa shape index (κ1) is 7.85. The number of ether oxygens (including phenoxy) is 1. The monoisotopic (exact) mass is 178 g/mol. The minimum absolute atomic E-state index is 0.221. The standard InChI is InChI=1S/C8H10N4O/c1-2-13-7-5-3-4-10-6(5)11-8(9)12-7/h3-4H,2H2,1H3,(H3,9,10,11,12). The zero-order chi connectivity index (χ0) is 9.26. The Morgan fingerprint density at radius 1 is 1.54 bits per heavy atom. The molecule has 0 saturated carbocycles. The SMILES string of the molecule is CCOc1nc(N)nc2[nH]ccc12. The molecule has 0 aromatic carbocycles. The molecule has 2 aromatic heterocycles. The van der Waals surface area contributed by atoms with Crippen LogP contribution in [0.5, 0.6) is 5.88 Å². The van der Waals surface area contributed by atoms with Crippen molar-refractivity contribution in [3.05, 3.63) is 12.3 Å². The van der Waals surface area contributed by atoms with E-state index in [1.807, 2.05) is 13.0 Å². The molecule has 0 spiro atoms. The van der Waals surface area contributed by atoms with Gasteiger partial charge in [0.15, 0.2) is 0 Å². The Morgan fingerprint density at radius 3 is 3.15 bits per heavy atom. The predicted octanol–water partition coefficient (Wildman–Crippen LogP) is 0.939. The Bertz CT molecular complexity index is 423. The lowest BCUT2D eigenvalue weighted by atomic mass is 10.4. The largest absolute Gasteiger partial charge is 0.477 e. The Morgan fingerprint density at radius 2 is 2.38 bits per heavy atom. The highest BCUT2D eigenvalue weighted by Gasteiger charge is 2.06. The van der Waals surface area contributed by atoms with Crippen LogP contribution in [0, 0.1) is 0 Å². The van der Waals surface area contributed by atoms with E-state index in [1.54, 1.807) is 6.20 Å². The van der Waals surface area contributed by atoms with E-state index in [-0.39, 0.29) is 5.95 Å². The maximum absolute atomic E-state index is 5.49. The van der Waals surface area contributed by atoms with Gasteiger partial charge in [-0.2, -0.15) is 9.97 Å². The molecular formula is C8H10N4O. The molecule has 2 rings (SSSR count). The molecule has 0 bridgehead atoms. The van der Waals surface area contributed by atoms with Gasteiger partial charge >= 0.3 is 0 Å². The quantitative estimate of drug-likeness (QED) is 0.717. The van der Waals surface area contributed by atoms with Crippen molar-refractivity contribution in [2.24, 2.45) is 0 Å². The smallest absolute Gasteiger partial charge is 0.227 e. The second kappa shape index (κ2) is 2.93. The van der Waals surface area contributed by atoms with Gasteiger partial charge < -0.3 is 15.5 Å². The first-order valence-corrected chi connectivity index (χ1v) is 4.04. The Kier molecular flexibility index (Phi) is 1.77. The maximum Gasteiger partial charge on any atom is 0.227 e. The van der Waals surface area contributed by atoms with Crippen LogP contribution in [-0.2, 0) is 0 Å². The first-order valence-electron chi connectivity index (χ1n) is 4.04. The van der Waals surface area contributed by atoms with Gasteiger partial charge in [0, 0.05) is 6.20 Å². The van der Waals surface area contributed by atoms with Gasteiger partial charge in [-0.25, -0.2) is 0 Å². The van der Waals surface area contributed by atoms with Crippen molar-refractivity contribution >= 4 is 17.0 Å². The summed E-state index contributed by atoms with van der Waals surface area (Å²) in [4.78, 5) is 10.9. The lowest BCUT2D eigenvalue weighted by Gasteiger charge is -2.03. The number of H-pyrrole nitrogens is 1. The fourth-order valence-corrected chi connectivity index (χ4v) is 1.18. The summed E-state index contributed by atoms with van der Waals surface area (Å²) in [7, 11) is 0. The Labute approximate surface area is 74.9 Å². The van der Waals surface area contributed by atoms with Crippen molar-refractivity contribution in [3.8, 4) is 5.88 Å². The number of nitrogens with zero attached hydrogens (tertiary/aromatic N) is 2. The van der Waals surface area contributed by atoms with E-state index in [2.05, 4.69) is 15.0 Å². The van der Waals surface area contributed by atoms with Gasteiger partial charge in [0.05, 0.1) is 12.0 Å². The maximum atomic E-state index is 5.49. The third-order valence-electron chi connectivity index (χ3n) is 1.68. The molecule has 5 nitrogen and oxygen atoms in total. The molecule has 3 N–H and O–H groups in total. The number of aromatic nitrogens is 3. The summed E-state index contributed by atoms with van der Waals surface area (Å²) in [5.41, 5.74) is 6.20. The highest BCUT2D eigenvalue weighted by molar-refractivity contribution is 5.81. The topological polar surface area (TPSA) is 76.8 Å². The van der Waals surface area contributed by atoms with Crippen LogP contribution in [0.2, 0.25) is 0 Å². The van der Waals surface area contributed by atoms with Crippen LogP contribution in [-0.4, -0.2) is 21.6 Å². The lowest BCUT2D eigenvalue weighted by Crippen LogP contribution is -2.00. The molecule has 0 amide bonds. The molecule has 0 fully saturated rings. The number of aromatic amines is 1. The molecule has 0 saturated heterocycles. The number of hydrogen-bond donors (Lipinski definition) is 2. The van der Waals surface area contributed by atoms with Crippen LogP contribution in [0.25, 0.3) is 11.0 Å². The molecule has 0 unspecified atom stereocenters. The number of rotatable bonds is 2.